The molecule has 20 heavy (non-hydrogen) atoms. The summed E-state index contributed by atoms with van der Waals surface area (Å²) in [4.78, 5) is 3.70. The number of rotatable bonds is 4. The Morgan fingerprint density at radius 3 is 2.65 bits per heavy atom. The molecule has 1 N–H and O–H groups in total. The molecule has 0 amide bonds. The maximum absolute atomic E-state index is 13.1. The highest BCUT2D eigenvalue weighted by molar-refractivity contribution is 7.90. The van der Waals surface area contributed by atoms with Crippen molar-refractivity contribution < 1.29 is 22.3 Å². The molecule has 5 nitrogen and oxygen atoms in total. The number of hydrogen-bond donors (Lipinski definition) is 1. The van der Waals surface area contributed by atoms with Gasteiger partial charge in [-0.1, -0.05) is 6.07 Å². The van der Waals surface area contributed by atoms with Crippen LogP contribution in [-0.2, 0) is 16.4 Å². The minimum Gasteiger partial charge on any atom is -0.387 e. The van der Waals surface area contributed by atoms with Crippen LogP contribution in [0, 0.1) is 11.6 Å². The Hall–Kier alpha value is -1.80. The van der Waals surface area contributed by atoms with Crippen molar-refractivity contribution in [2.75, 3.05) is 6.26 Å². The van der Waals surface area contributed by atoms with Gasteiger partial charge in [0.25, 0.3) is 0 Å². The summed E-state index contributed by atoms with van der Waals surface area (Å²) in [6, 6.07) is 3.01. The maximum atomic E-state index is 13.1. The predicted octanol–water partition coefficient (Wildman–Crippen LogP) is 1.30. The van der Waals surface area contributed by atoms with Crippen LogP contribution in [0.4, 0.5) is 8.78 Å². The summed E-state index contributed by atoms with van der Waals surface area (Å²) in [5, 5.41) is 9.77. The van der Waals surface area contributed by atoms with Crippen LogP contribution in [0.15, 0.2) is 35.7 Å². The fourth-order valence-electron chi connectivity index (χ4n) is 1.77. The highest BCUT2D eigenvalue weighted by Gasteiger charge is 2.18. The first kappa shape index (κ1) is 14.6. The van der Waals surface area contributed by atoms with E-state index < -0.39 is 27.6 Å². The van der Waals surface area contributed by atoms with Gasteiger partial charge in [0.2, 0.25) is 15.0 Å². The molecular weight excluding hydrogens is 290 g/mol. The van der Waals surface area contributed by atoms with Crippen LogP contribution < -0.4 is 0 Å². The summed E-state index contributed by atoms with van der Waals surface area (Å²) in [5.74, 6) is -2.09. The summed E-state index contributed by atoms with van der Waals surface area (Å²) in [6.07, 6.45) is 2.49. The van der Waals surface area contributed by atoms with E-state index in [1.165, 1.54) is 23.0 Å². The van der Waals surface area contributed by atoms with Crippen LogP contribution in [0.5, 0.6) is 0 Å². The van der Waals surface area contributed by atoms with Crippen LogP contribution in [0.25, 0.3) is 0 Å². The SMILES string of the molecule is CS(=O)(=O)c1nccn1C[C@@H](O)c1ccc(F)c(F)c1. The molecule has 2 aromatic rings. The molecule has 1 heterocycles. The molecule has 0 aliphatic heterocycles. The van der Waals surface area contributed by atoms with E-state index in [9.17, 15) is 22.3 Å². The second kappa shape index (κ2) is 5.29. The van der Waals surface area contributed by atoms with Gasteiger partial charge in [-0.3, -0.25) is 0 Å². The number of aliphatic hydroxyl groups excluding tert-OH is 1. The zero-order chi connectivity index (χ0) is 14.9. The Morgan fingerprint density at radius 2 is 2.05 bits per heavy atom. The average molecular weight is 302 g/mol. The standard InChI is InChI=1S/C12H12F2N2O3S/c1-20(18,19)12-15-4-5-16(12)7-11(17)8-2-3-9(13)10(14)6-8/h2-6,11,17H,7H2,1H3/t11-/m1/s1. The van der Waals surface area contributed by atoms with E-state index in [1.807, 2.05) is 0 Å². The number of aromatic nitrogens is 2. The molecule has 2 rings (SSSR count). The molecule has 0 fully saturated rings. The van der Waals surface area contributed by atoms with Crippen LogP contribution in [0.2, 0.25) is 0 Å². The number of sulfone groups is 1. The molecular formula is C12H12F2N2O3S. The number of hydrogen-bond acceptors (Lipinski definition) is 4. The normalized spacial score (nSPS) is 13.4. The van der Waals surface area contributed by atoms with Gasteiger partial charge in [-0.05, 0) is 17.7 Å². The van der Waals surface area contributed by atoms with Gasteiger partial charge in [0, 0.05) is 18.6 Å². The zero-order valence-corrected chi connectivity index (χ0v) is 11.3. The van der Waals surface area contributed by atoms with Crippen molar-refractivity contribution in [3.63, 3.8) is 0 Å². The number of aliphatic hydroxyl groups is 1. The minimum absolute atomic E-state index is 0.131. The first-order chi connectivity index (χ1) is 9.29. The molecule has 0 saturated carbocycles. The van der Waals surface area contributed by atoms with Crippen molar-refractivity contribution in [1.82, 2.24) is 9.55 Å². The van der Waals surface area contributed by atoms with E-state index >= 15 is 0 Å². The van der Waals surface area contributed by atoms with E-state index in [2.05, 4.69) is 4.98 Å². The van der Waals surface area contributed by atoms with E-state index in [0.29, 0.717) is 0 Å². The minimum atomic E-state index is -3.53. The quantitative estimate of drug-likeness (QED) is 0.924. The van der Waals surface area contributed by atoms with Crippen molar-refractivity contribution in [2.45, 2.75) is 17.8 Å². The second-order valence-electron chi connectivity index (χ2n) is 4.32. The monoisotopic (exact) mass is 302 g/mol. The molecule has 0 aliphatic carbocycles. The molecule has 1 atom stereocenters. The topological polar surface area (TPSA) is 72.2 Å². The fourth-order valence-corrected chi connectivity index (χ4v) is 2.59. The van der Waals surface area contributed by atoms with Crippen molar-refractivity contribution in [2.24, 2.45) is 0 Å². The Morgan fingerprint density at radius 1 is 1.35 bits per heavy atom. The van der Waals surface area contributed by atoms with Crippen molar-refractivity contribution in [3.05, 3.63) is 47.8 Å². The first-order valence-corrected chi connectivity index (χ1v) is 7.52. The van der Waals surface area contributed by atoms with Gasteiger partial charge < -0.3 is 9.67 Å². The van der Waals surface area contributed by atoms with E-state index in [-0.39, 0.29) is 17.3 Å². The predicted molar refractivity (Wildman–Crippen MR) is 66.7 cm³/mol. The highest BCUT2D eigenvalue weighted by atomic mass is 32.2. The molecule has 1 aromatic carbocycles. The number of nitrogens with zero attached hydrogens (tertiary/aromatic N) is 2. The second-order valence-corrected chi connectivity index (χ2v) is 6.23. The lowest BCUT2D eigenvalue weighted by Gasteiger charge is -2.13. The summed E-state index contributed by atoms with van der Waals surface area (Å²) in [6.45, 7) is -0.131. The molecule has 0 bridgehead atoms. The molecule has 1 aromatic heterocycles. The van der Waals surface area contributed by atoms with Crippen molar-refractivity contribution in [1.29, 1.82) is 0 Å². The summed E-state index contributed by atoms with van der Waals surface area (Å²) >= 11 is 0. The van der Waals surface area contributed by atoms with Crippen LogP contribution in [0.3, 0.4) is 0 Å². The lowest BCUT2D eigenvalue weighted by atomic mass is 10.1. The van der Waals surface area contributed by atoms with E-state index in [1.54, 1.807) is 0 Å². The van der Waals surface area contributed by atoms with Gasteiger partial charge in [0.1, 0.15) is 0 Å². The number of benzene rings is 1. The smallest absolute Gasteiger partial charge is 0.227 e. The van der Waals surface area contributed by atoms with Crippen LogP contribution in [-0.4, -0.2) is 29.3 Å². The lowest BCUT2D eigenvalue weighted by molar-refractivity contribution is 0.152. The van der Waals surface area contributed by atoms with Gasteiger partial charge in [-0.25, -0.2) is 22.2 Å². The van der Waals surface area contributed by atoms with E-state index in [4.69, 9.17) is 0 Å². The van der Waals surface area contributed by atoms with Crippen molar-refractivity contribution >= 4 is 9.84 Å². The molecule has 8 heteroatoms. The summed E-state index contributed by atoms with van der Waals surface area (Å²) < 4.78 is 50.0. The molecule has 0 radical (unpaired) electrons. The molecule has 108 valence electrons. The Balaban J connectivity index is 2.26. The average Bonchev–Trinajstić information content (AvgIpc) is 2.80. The maximum Gasteiger partial charge on any atom is 0.227 e. The molecule has 0 spiro atoms. The number of imidazole rings is 1. The summed E-state index contributed by atoms with van der Waals surface area (Å²) in [7, 11) is -3.53. The molecule has 0 aliphatic rings. The fraction of sp³-hybridized carbons (Fsp3) is 0.250. The van der Waals surface area contributed by atoms with E-state index in [0.717, 1.165) is 18.4 Å². The van der Waals surface area contributed by atoms with Gasteiger partial charge in [0.15, 0.2) is 11.6 Å². The van der Waals surface area contributed by atoms with Gasteiger partial charge in [0.05, 0.1) is 12.6 Å². The van der Waals surface area contributed by atoms with Crippen LogP contribution >= 0.6 is 0 Å². The van der Waals surface area contributed by atoms with Crippen LogP contribution in [0.1, 0.15) is 11.7 Å². The molecule has 0 unspecified atom stereocenters. The Labute approximate surface area is 114 Å². The zero-order valence-electron chi connectivity index (χ0n) is 10.5. The van der Waals surface area contributed by atoms with Gasteiger partial charge >= 0.3 is 0 Å². The van der Waals surface area contributed by atoms with Gasteiger partial charge in [-0.15, -0.1) is 0 Å². The Bertz CT molecular complexity index is 728. The first-order valence-electron chi connectivity index (χ1n) is 5.63. The largest absolute Gasteiger partial charge is 0.387 e. The third-order valence-electron chi connectivity index (χ3n) is 2.71. The van der Waals surface area contributed by atoms with Gasteiger partial charge in [-0.2, -0.15) is 0 Å². The number of halogens is 2. The highest BCUT2D eigenvalue weighted by Crippen LogP contribution is 2.19. The van der Waals surface area contributed by atoms with Crippen molar-refractivity contribution in [3.8, 4) is 0 Å². The third kappa shape index (κ3) is 3.02. The Kier molecular flexibility index (Phi) is 3.87. The lowest BCUT2D eigenvalue weighted by Crippen LogP contribution is -2.14. The summed E-state index contributed by atoms with van der Waals surface area (Å²) in [5.41, 5.74) is 0.150. The molecule has 0 saturated heterocycles. The third-order valence-corrected chi connectivity index (χ3v) is 3.71.